The highest BCUT2D eigenvalue weighted by Crippen LogP contribution is 2.47. The molecule has 0 unspecified atom stereocenters. The Bertz CT molecular complexity index is 718. The van der Waals surface area contributed by atoms with Crippen LogP contribution < -0.4 is 0 Å². The number of halogens is 1. The third-order valence-electron chi connectivity index (χ3n) is 4.49. The molecule has 1 N–H and O–H groups in total. The Kier molecular flexibility index (Phi) is 3.62. The fourth-order valence-corrected chi connectivity index (χ4v) is 3.75. The summed E-state index contributed by atoms with van der Waals surface area (Å²) in [5.41, 5.74) is 1.40. The van der Waals surface area contributed by atoms with Crippen LogP contribution >= 0.6 is 11.6 Å². The van der Waals surface area contributed by atoms with Crippen molar-refractivity contribution in [2.24, 2.45) is 5.92 Å². The van der Waals surface area contributed by atoms with Crippen LogP contribution in [0, 0.1) is 12.8 Å². The first-order chi connectivity index (χ1) is 10.3. The molecule has 0 amide bonds. The standard InChI is InChI=1S/C17H18ClNO3/c1-9(20)16-15(11-4-6-12(18)7-5-11)14-10(2)22-19-13(14)8-17(16,3)21/h4-7,15-16,21H,8H2,1-3H3/t15-,16-,17-/m1/s1. The van der Waals surface area contributed by atoms with Gasteiger partial charge in [-0.15, -0.1) is 0 Å². The van der Waals surface area contributed by atoms with Gasteiger partial charge in [-0.05, 0) is 38.5 Å². The maximum Gasteiger partial charge on any atom is 0.137 e. The second kappa shape index (κ2) is 5.21. The van der Waals surface area contributed by atoms with Crippen molar-refractivity contribution in [3.8, 4) is 0 Å². The highest BCUT2D eigenvalue weighted by Gasteiger charge is 2.49. The molecular weight excluding hydrogens is 302 g/mol. The molecule has 1 aromatic carbocycles. The minimum absolute atomic E-state index is 0.0452. The van der Waals surface area contributed by atoms with Gasteiger partial charge in [-0.25, -0.2) is 0 Å². The lowest BCUT2D eigenvalue weighted by molar-refractivity contribution is -0.130. The van der Waals surface area contributed by atoms with E-state index < -0.39 is 11.5 Å². The molecule has 1 heterocycles. The van der Waals surface area contributed by atoms with Gasteiger partial charge in [0.2, 0.25) is 0 Å². The highest BCUT2D eigenvalue weighted by atomic mass is 35.5. The molecule has 4 nitrogen and oxygen atoms in total. The molecule has 1 aromatic heterocycles. The van der Waals surface area contributed by atoms with Crippen LogP contribution in [-0.4, -0.2) is 21.6 Å². The SMILES string of the molecule is CC(=O)[C@@H]1[C@H](c2ccc(Cl)cc2)c2c(noc2C)C[C@@]1(C)O. The summed E-state index contributed by atoms with van der Waals surface area (Å²) >= 11 is 5.97. The summed E-state index contributed by atoms with van der Waals surface area (Å²) in [5.74, 6) is -0.174. The first-order valence-electron chi connectivity index (χ1n) is 7.24. The second-order valence-corrected chi connectivity index (χ2v) is 6.69. The zero-order valence-corrected chi connectivity index (χ0v) is 13.5. The number of aliphatic hydroxyl groups is 1. The molecule has 116 valence electrons. The average molecular weight is 320 g/mol. The first-order valence-corrected chi connectivity index (χ1v) is 7.62. The van der Waals surface area contributed by atoms with Crippen LogP contribution in [0.3, 0.4) is 0 Å². The van der Waals surface area contributed by atoms with Crippen molar-refractivity contribution < 1.29 is 14.4 Å². The van der Waals surface area contributed by atoms with Crippen LogP contribution in [0.25, 0.3) is 0 Å². The summed E-state index contributed by atoms with van der Waals surface area (Å²) in [6.07, 6.45) is 0.314. The fraction of sp³-hybridized carbons (Fsp3) is 0.412. The lowest BCUT2D eigenvalue weighted by Crippen LogP contribution is -2.48. The van der Waals surface area contributed by atoms with Gasteiger partial charge < -0.3 is 9.63 Å². The first kappa shape index (κ1) is 15.3. The Labute approximate surface area is 134 Å². The van der Waals surface area contributed by atoms with Crippen LogP contribution in [0.15, 0.2) is 28.8 Å². The molecule has 3 rings (SSSR count). The highest BCUT2D eigenvalue weighted by molar-refractivity contribution is 6.30. The van der Waals surface area contributed by atoms with Crippen molar-refractivity contribution in [3.05, 3.63) is 51.9 Å². The largest absolute Gasteiger partial charge is 0.389 e. The molecule has 22 heavy (non-hydrogen) atoms. The van der Waals surface area contributed by atoms with E-state index in [1.165, 1.54) is 6.92 Å². The van der Waals surface area contributed by atoms with Gasteiger partial charge in [0.25, 0.3) is 0 Å². The zero-order valence-electron chi connectivity index (χ0n) is 12.8. The predicted octanol–water partition coefficient (Wildman–Crippen LogP) is 3.28. The predicted molar refractivity (Wildman–Crippen MR) is 83.0 cm³/mol. The van der Waals surface area contributed by atoms with Crippen molar-refractivity contribution in [2.75, 3.05) is 0 Å². The quantitative estimate of drug-likeness (QED) is 0.922. The van der Waals surface area contributed by atoms with E-state index in [0.29, 0.717) is 17.2 Å². The number of aromatic nitrogens is 1. The molecule has 1 aliphatic carbocycles. The van der Waals surface area contributed by atoms with E-state index in [1.54, 1.807) is 19.1 Å². The number of rotatable bonds is 2. The molecular formula is C17H18ClNO3. The Hall–Kier alpha value is -1.65. The lowest BCUT2D eigenvalue weighted by atomic mass is 9.64. The molecule has 0 saturated heterocycles. The summed E-state index contributed by atoms with van der Waals surface area (Å²) in [6.45, 7) is 5.05. The van der Waals surface area contributed by atoms with Crippen LogP contribution in [0.5, 0.6) is 0 Å². The van der Waals surface area contributed by atoms with Crippen LogP contribution in [0.4, 0.5) is 0 Å². The maximum atomic E-state index is 12.3. The number of Topliss-reactive ketones (excluding diaryl/α,β-unsaturated/α-hetero) is 1. The molecule has 5 heteroatoms. The van der Waals surface area contributed by atoms with Crippen LogP contribution in [0.1, 0.15) is 42.3 Å². The van der Waals surface area contributed by atoms with Gasteiger partial charge in [0, 0.05) is 22.9 Å². The van der Waals surface area contributed by atoms with Crippen molar-refractivity contribution in [1.29, 1.82) is 0 Å². The third kappa shape index (κ3) is 2.36. The minimum Gasteiger partial charge on any atom is -0.389 e. The van der Waals surface area contributed by atoms with E-state index in [2.05, 4.69) is 5.16 Å². The number of ketones is 1. The number of aryl methyl sites for hydroxylation is 1. The van der Waals surface area contributed by atoms with E-state index in [1.807, 2.05) is 19.1 Å². The van der Waals surface area contributed by atoms with Crippen LogP contribution in [-0.2, 0) is 11.2 Å². The minimum atomic E-state index is -1.16. The number of nitrogens with zero attached hydrogens (tertiary/aromatic N) is 1. The van der Waals surface area contributed by atoms with E-state index in [-0.39, 0.29) is 11.7 Å². The summed E-state index contributed by atoms with van der Waals surface area (Å²) in [7, 11) is 0. The van der Waals surface area contributed by atoms with E-state index in [4.69, 9.17) is 16.1 Å². The number of hydrogen-bond acceptors (Lipinski definition) is 4. The average Bonchev–Trinajstić information content (AvgIpc) is 2.77. The fourth-order valence-electron chi connectivity index (χ4n) is 3.63. The normalized spacial score (nSPS) is 27.5. The third-order valence-corrected chi connectivity index (χ3v) is 4.74. The smallest absolute Gasteiger partial charge is 0.137 e. The van der Waals surface area contributed by atoms with Gasteiger partial charge in [-0.1, -0.05) is 28.9 Å². The van der Waals surface area contributed by atoms with E-state index in [9.17, 15) is 9.90 Å². The molecule has 0 aliphatic heterocycles. The Morgan fingerprint density at radius 2 is 2.05 bits per heavy atom. The van der Waals surface area contributed by atoms with E-state index in [0.717, 1.165) is 16.8 Å². The van der Waals surface area contributed by atoms with Gasteiger partial charge in [0.1, 0.15) is 11.5 Å². The van der Waals surface area contributed by atoms with Gasteiger partial charge in [0.15, 0.2) is 0 Å². The lowest BCUT2D eigenvalue weighted by Gasteiger charge is -2.40. The second-order valence-electron chi connectivity index (χ2n) is 6.25. The number of carbonyl (C=O) groups is 1. The number of hydrogen-bond donors (Lipinski definition) is 1. The zero-order chi connectivity index (χ0) is 16.1. The number of fused-ring (bicyclic) bond motifs is 1. The topological polar surface area (TPSA) is 63.3 Å². The molecule has 0 bridgehead atoms. The maximum absolute atomic E-state index is 12.3. The van der Waals surface area contributed by atoms with E-state index >= 15 is 0 Å². The molecule has 0 spiro atoms. The van der Waals surface area contributed by atoms with Crippen molar-refractivity contribution in [1.82, 2.24) is 5.16 Å². The molecule has 1 aliphatic rings. The molecule has 0 fully saturated rings. The van der Waals surface area contributed by atoms with Crippen LogP contribution in [0.2, 0.25) is 5.02 Å². The summed E-state index contributed by atoms with van der Waals surface area (Å²) < 4.78 is 5.32. The van der Waals surface area contributed by atoms with Crippen molar-refractivity contribution >= 4 is 17.4 Å². The van der Waals surface area contributed by atoms with Gasteiger partial charge in [0.05, 0.1) is 17.2 Å². The van der Waals surface area contributed by atoms with Gasteiger partial charge in [-0.3, -0.25) is 4.79 Å². The van der Waals surface area contributed by atoms with Gasteiger partial charge in [-0.2, -0.15) is 0 Å². The number of benzene rings is 1. The summed E-state index contributed by atoms with van der Waals surface area (Å²) in [6, 6.07) is 7.36. The summed E-state index contributed by atoms with van der Waals surface area (Å²) in [4.78, 5) is 12.3. The molecule has 2 aromatic rings. The Morgan fingerprint density at radius 1 is 1.41 bits per heavy atom. The molecule has 3 atom stereocenters. The van der Waals surface area contributed by atoms with Crippen molar-refractivity contribution in [2.45, 2.75) is 38.7 Å². The molecule has 0 saturated carbocycles. The molecule has 0 radical (unpaired) electrons. The van der Waals surface area contributed by atoms with Gasteiger partial charge >= 0.3 is 0 Å². The number of carbonyl (C=O) groups excluding carboxylic acids is 1. The van der Waals surface area contributed by atoms with Crippen molar-refractivity contribution in [3.63, 3.8) is 0 Å². The monoisotopic (exact) mass is 319 g/mol. The summed E-state index contributed by atoms with van der Waals surface area (Å²) in [5, 5.41) is 15.5. The Balaban J connectivity index is 2.23. The Morgan fingerprint density at radius 3 is 2.64 bits per heavy atom.